The second kappa shape index (κ2) is 6.40. The standard InChI is InChI=1S/C17H25NO2/c1-14-9-11-15(12-10-14)17(2,3)20-18(13-19)16-7-5-4-6-8-16/h4-8,13-15H,9-12H2,1-3H3. The summed E-state index contributed by atoms with van der Waals surface area (Å²) in [4.78, 5) is 17.3. The Bertz CT molecular complexity index is 422. The van der Waals surface area contributed by atoms with E-state index in [4.69, 9.17) is 4.84 Å². The van der Waals surface area contributed by atoms with E-state index >= 15 is 0 Å². The van der Waals surface area contributed by atoms with Crippen molar-refractivity contribution in [1.82, 2.24) is 0 Å². The van der Waals surface area contributed by atoms with Crippen molar-refractivity contribution in [3.8, 4) is 0 Å². The second-order valence-electron chi connectivity index (χ2n) is 6.42. The highest BCUT2D eigenvalue weighted by molar-refractivity contribution is 5.71. The van der Waals surface area contributed by atoms with E-state index in [1.165, 1.54) is 30.7 Å². The van der Waals surface area contributed by atoms with Crippen molar-refractivity contribution in [3.05, 3.63) is 30.3 Å². The van der Waals surface area contributed by atoms with Gasteiger partial charge in [-0.3, -0.25) is 9.63 Å². The van der Waals surface area contributed by atoms with Gasteiger partial charge in [0.2, 0.25) is 6.41 Å². The minimum Gasteiger partial charge on any atom is -0.276 e. The highest BCUT2D eigenvalue weighted by Gasteiger charge is 2.35. The molecule has 3 nitrogen and oxygen atoms in total. The van der Waals surface area contributed by atoms with Crippen molar-refractivity contribution >= 4 is 12.1 Å². The Morgan fingerprint density at radius 2 is 1.75 bits per heavy atom. The van der Waals surface area contributed by atoms with Crippen LogP contribution in [0.2, 0.25) is 0 Å². The van der Waals surface area contributed by atoms with Gasteiger partial charge in [-0.05, 0) is 50.7 Å². The third-order valence-corrected chi connectivity index (χ3v) is 4.44. The molecule has 110 valence electrons. The Morgan fingerprint density at radius 3 is 2.30 bits per heavy atom. The van der Waals surface area contributed by atoms with Crippen molar-refractivity contribution in [2.45, 2.75) is 52.1 Å². The Balaban J connectivity index is 2.04. The number of nitrogens with zero attached hydrogens (tertiary/aromatic N) is 1. The highest BCUT2D eigenvalue weighted by atomic mass is 16.7. The lowest BCUT2D eigenvalue weighted by Crippen LogP contribution is -2.42. The van der Waals surface area contributed by atoms with Gasteiger partial charge in [0, 0.05) is 0 Å². The minimum atomic E-state index is -0.323. The maximum Gasteiger partial charge on any atom is 0.238 e. The van der Waals surface area contributed by atoms with Crippen molar-refractivity contribution in [2.24, 2.45) is 11.8 Å². The van der Waals surface area contributed by atoms with E-state index < -0.39 is 0 Å². The number of rotatable bonds is 5. The maximum absolute atomic E-state index is 11.3. The van der Waals surface area contributed by atoms with Crippen molar-refractivity contribution in [3.63, 3.8) is 0 Å². The fourth-order valence-corrected chi connectivity index (χ4v) is 2.99. The van der Waals surface area contributed by atoms with Crippen LogP contribution in [-0.2, 0) is 9.63 Å². The molecule has 0 saturated heterocycles. The molecule has 1 amide bonds. The molecule has 0 unspecified atom stereocenters. The lowest BCUT2D eigenvalue weighted by atomic mass is 9.75. The third kappa shape index (κ3) is 3.60. The van der Waals surface area contributed by atoms with E-state index in [1.54, 1.807) is 0 Å². The number of benzene rings is 1. The average molecular weight is 275 g/mol. The molecule has 0 aliphatic heterocycles. The van der Waals surface area contributed by atoms with Gasteiger partial charge in [0.1, 0.15) is 0 Å². The number of hydrogen-bond donors (Lipinski definition) is 0. The largest absolute Gasteiger partial charge is 0.276 e. The van der Waals surface area contributed by atoms with Crippen molar-refractivity contribution in [2.75, 3.05) is 5.06 Å². The topological polar surface area (TPSA) is 29.5 Å². The molecule has 0 spiro atoms. The molecule has 1 aliphatic carbocycles. The van der Waals surface area contributed by atoms with Gasteiger partial charge in [-0.2, -0.15) is 5.06 Å². The Morgan fingerprint density at radius 1 is 1.15 bits per heavy atom. The van der Waals surface area contributed by atoms with E-state index in [0.29, 0.717) is 5.92 Å². The van der Waals surface area contributed by atoms with E-state index in [-0.39, 0.29) is 5.60 Å². The first-order chi connectivity index (χ1) is 9.53. The first-order valence-corrected chi connectivity index (χ1v) is 7.51. The van der Waals surface area contributed by atoms with Crippen molar-refractivity contribution in [1.29, 1.82) is 0 Å². The number of para-hydroxylation sites is 1. The predicted molar refractivity (Wildman–Crippen MR) is 81.3 cm³/mol. The molecule has 0 bridgehead atoms. The van der Waals surface area contributed by atoms with Crippen LogP contribution < -0.4 is 5.06 Å². The summed E-state index contributed by atoms with van der Waals surface area (Å²) < 4.78 is 0. The van der Waals surface area contributed by atoms with Gasteiger partial charge in [0.05, 0.1) is 11.3 Å². The zero-order valence-electron chi connectivity index (χ0n) is 12.7. The zero-order chi connectivity index (χ0) is 14.6. The quantitative estimate of drug-likeness (QED) is 0.596. The maximum atomic E-state index is 11.3. The lowest BCUT2D eigenvalue weighted by Gasteiger charge is -2.40. The van der Waals surface area contributed by atoms with E-state index in [2.05, 4.69) is 20.8 Å². The molecule has 1 aromatic carbocycles. The molecule has 1 fully saturated rings. The molecule has 2 rings (SSSR count). The average Bonchev–Trinajstić information content (AvgIpc) is 2.46. The Hall–Kier alpha value is -1.35. The number of hydrogen-bond acceptors (Lipinski definition) is 2. The van der Waals surface area contributed by atoms with E-state index in [9.17, 15) is 4.79 Å². The number of amides is 1. The van der Waals surface area contributed by atoms with Crippen molar-refractivity contribution < 1.29 is 9.63 Å². The first kappa shape index (κ1) is 15.0. The highest BCUT2D eigenvalue weighted by Crippen LogP contribution is 2.37. The summed E-state index contributed by atoms with van der Waals surface area (Å²) in [6.45, 7) is 6.49. The number of carbonyl (C=O) groups is 1. The first-order valence-electron chi connectivity index (χ1n) is 7.51. The van der Waals surface area contributed by atoms with Crippen LogP contribution in [0.3, 0.4) is 0 Å². The lowest BCUT2D eigenvalue weighted by molar-refractivity contribution is -0.128. The van der Waals surface area contributed by atoms with Crippen LogP contribution in [0.5, 0.6) is 0 Å². The molecule has 20 heavy (non-hydrogen) atoms. The minimum absolute atomic E-state index is 0.323. The monoisotopic (exact) mass is 275 g/mol. The number of hydroxylamine groups is 1. The normalized spacial score (nSPS) is 23.4. The Labute approximate surface area is 121 Å². The summed E-state index contributed by atoms with van der Waals surface area (Å²) in [6, 6.07) is 9.51. The van der Waals surface area contributed by atoms with Crippen LogP contribution in [0.15, 0.2) is 30.3 Å². The van der Waals surface area contributed by atoms with Gasteiger partial charge >= 0.3 is 0 Å². The van der Waals surface area contributed by atoms with Gasteiger partial charge in [-0.1, -0.05) is 38.0 Å². The zero-order valence-corrected chi connectivity index (χ0v) is 12.7. The molecular formula is C17H25NO2. The van der Waals surface area contributed by atoms with Gasteiger partial charge in [0.25, 0.3) is 0 Å². The van der Waals surface area contributed by atoms with E-state index in [0.717, 1.165) is 18.0 Å². The third-order valence-electron chi connectivity index (χ3n) is 4.44. The van der Waals surface area contributed by atoms with Crippen LogP contribution in [0.4, 0.5) is 5.69 Å². The molecule has 0 heterocycles. The molecule has 0 N–H and O–H groups in total. The van der Waals surface area contributed by atoms with Crippen LogP contribution in [0, 0.1) is 11.8 Å². The smallest absolute Gasteiger partial charge is 0.238 e. The summed E-state index contributed by atoms with van der Waals surface area (Å²) in [7, 11) is 0. The van der Waals surface area contributed by atoms with Gasteiger partial charge in [-0.25, -0.2) is 0 Å². The van der Waals surface area contributed by atoms with Crippen LogP contribution in [0.1, 0.15) is 46.5 Å². The number of carbonyl (C=O) groups excluding carboxylic acids is 1. The Kier molecular flexibility index (Phi) is 4.81. The molecule has 0 atom stereocenters. The summed E-state index contributed by atoms with van der Waals surface area (Å²) in [6.07, 6.45) is 5.61. The predicted octanol–water partition coefficient (Wildman–Crippen LogP) is 4.19. The summed E-state index contributed by atoms with van der Waals surface area (Å²) >= 11 is 0. The molecule has 1 aliphatic rings. The van der Waals surface area contributed by atoms with Gasteiger partial charge in [0.15, 0.2) is 0 Å². The molecule has 3 heteroatoms. The SMILES string of the molecule is CC1CCC(C(C)(C)ON(C=O)c2ccccc2)CC1. The fourth-order valence-electron chi connectivity index (χ4n) is 2.99. The van der Waals surface area contributed by atoms with Crippen LogP contribution in [-0.4, -0.2) is 12.0 Å². The molecule has 0 radical (unpaired) electrons. The molecule has 1 saturated carbocycles. The van der Waals surface area contributed by atoms with Crippen LogP contribution >= 0.6 is 0 Å². The van der Waals surface area contributed by atoms with E-state index in [1.807, 2.05) is 30.3 Å². The fraction of sp³-hybridized carbons (Fsp3) is 0.588. The van der Waals surface area contributed by atoms with Crippen LogP contribution in [0.25, 0.3) is 0 Å². The second-order valence-corrected chi connectivity index (χ2v) is 6.42. The molecule has 0 aromatic heterocycles. The molecule has 1 aromatic rings. The molecular weight excluding hydrogens is 250 g/mol. The summed E-state index contributed by atoms with van der Waals surface area (Å²) in [5, 5.41) is 1.36. The van der Waals surface area contributed by atoms with Gasteiger partial charge < -0.3 is 0 Å². The summed E-state index contributed by atoms with van der Waals surface area (Å²) in [5.41, 5.74) is 0.455. The van der Waals surface area contributed by atoms with Gasteiger partial charge in [-0.15, -0.1) is 0 Å². The number of anilines is 1. The summed E-state index contributed by atoms with van der Waals surface area (Å²) in [5.74, 6) is 1.32.